The summed E-state index contributed by atoms with van der Waals surface area (Å²) in [6, 6.07) is 0.0894. The van der Waals surface area contributed by atoms with Crippen LogP contribution < -0.4 is 16.0 Å². The molecule has 1 saturated carbocycles. The maximum absolute atomic E-state index is 12.3. The van der Waals surface area contributed by atoms with Gasteiger partial charge in [0.15, 0.2) is 11.5 Å². The molecule has 0 unspecified atom stereocenters. The Balaban J connectivity index is 1.70. The summed E-state index contributed by atoms with van der Waals surface area (Å²) in [7, 11) is 1.32. The molecule has 0 bridgehead atoms. The highest BCUT2D eigenvalue weighted by molar-refractivity contribution is 5.92. The van der Waals surface area contributed by atoms with Crippen LogP contribution in [-0.2, 0) is 9.47 Å². The summed E-state index contributed by atoms with van der Waals surface area (Å²) < 4.78 is 10.3. The number of piperidine rings is 1. The third kappa shape index (κ3) is 4.71. The van der Waals surface area contributed by atoms with E-state index < -0.39 is 11.6 Å². The molecule has 1 aliphatic carbocycles. The molecule has 1 atom stereocenters. The van der Waals surface area contributed by atoms with Gasteiger partial charge in [0.05, 0.1) is 13.3 Å². The number of nitrogen functional groups attached to an aromatic ring is 1. The number of carbonyl (C=O) groups excluding carboxylic acids is 2. The number of nitrogens with one attached hydrogen (secondary N) is 1. The minimum absolute atomic E-state index is 0.0343. The number of methoxy groups -OCH3 is 1. The summed E-state index contributed by atoms with van der Waals surface area (Å²) >= 11 is 0. The molecule has 1 amide bonds. The summed E-state index contributed by atoms with van der Waals surface area (Å²) in [6.07, 6.45) is 5.85. The first-order chi connectivity index (χ1) is 13.6. The number of hydrogen-bond donors (Lipinski definition) is 2. The lowest BCUT2D eigenvalue weighted by atomic mass is 9.74. The van der Waals surface area contributed by atoms with Gasteiger partial charge in [-0.2, -0.15) is 0 Å². The van der Waals surface area contributed by atoms with Crippen LogP contribution >= 0.6 is 0 Å². The fourth-order valence-corrected chi connectivity index (χ4v) is 4.43. The van der Waals surface area contributed by atoms with Crippen LogP contribution in [0.2, 0.25) is 0 Å². The van der Waals surface area contributed by atoms with E-state index in [0.29, 0.717) is 18.9 Å². The van der Waals surface area contributed by atoms with Gasteiger partial charge < -0.3 is 25.4 Å². The first kappa shape index (κ1) is 21.1. The molecule has 9 nitrogen and oxygen atoms in total. The molecule has 1 saturated heterocycles. The molecule has 2 heterocycles. The lowest BCUT2D eigenvalue weighted by Gasteiger charge is -2.43. The number of aromatic nitrogens is 2. The van der Waals surface area contributed by atoms with Gasteiger partial charge in [0.2, 0.25) is 0 Å². The van der Waals surface area contributed by atoms with Crippen LogP contribution in [0.1, 0.15) is 63.4 Å². The monoisotopic (exact) mass is 405 g/mol. The van der Waals surface area contributed by atoms with E-state index in [4.69, 9.17) is 15.2 Å². The third-order valence-electron chi connectivity index (χ3n) is 5.81. The predicted octanol–water partition coefficient (Wildman–Crippen LogP) is 2.51. The van der Waals surface area contributed by atoms with Gasteiger partial charge in [-0.15, -0.1) is 0 Å². The van der Waals surface area contributed by atoms with Crippen molar-refractivity contribution in [1.29, 1.82) is 0 Å². The summed E-state index contributed by atoms with van der Waals surface area (Å²) in [6.45, 7) is 6.99. The normalized spacial score (nSPS) is 21.1. The Labute approximate surface area is 171 Å². The van der Waals surface area contributed by atoms with E-state index in [-0.39, 0.29) is 29.1 Å². The Morgan fingerprint density at radius 2 is 1.97 bits per heavy atom. The molecule has 3 rings (SSSR count). The zero-order valence-corrected chi connectivity index (χ0v) is 17.7. The van der Waals surface area contributed by atoms with Crippen LogP contribution in [0.5, 0.6) is 0 Å². The average molecular weight is 405 g/mol. The van der Waals surface area contributed by atoms with Gasteiger partial charge in [-0.25, -0.2) is 19.6 Å². The van der Waals surface area contributed by atoms with E-state index in [9.17, 15) is 9.59 Å². The summed E-state index contributed by atoms with van der Waals surface area (Å²) in [5, 5.41) is 3.10. The van der Waals surface area contributed by atoms with Crippen molar-refractivity contribution in [3.8, 4) is 0 Å². The molecule has 1 aliphatic heterocycles. The first-order valence-corrected chi connectivity index (χ1v) is 10.1. The highest BCUT2D eigenvalue weighted by Crippen LogP contribution is 2.47. The van der Waals surface area contributed by atoms with Crippen molar-refractivity contribution in [3.05, 3.63) is 11.9 Å². The van der Waals surface area contributed by atoms with Gasteiger partial charge in [0, 0.05) is 19.1 Å². The van der Waals surface area contributed by atoms with E-state index in [1.54, 1.807) is 0 Å². The Bertz CT molecular complexity index is 769. The molecule has 0 aromatic carbocycles. The summed E-state index contributed by atoms with van der Waals surface area (Å²) in [5.74, 6) is 0.192. The minimum atomic E-state index is -0.530. The topological polar surface area (TPSA) is 120 Å². The van der Waals surface area contributed by atoms with E-state index in [0.717, 1.165) is 32.1 Å². The number of amides is 1. The number of carbonyl (C=O) groups is 2. The van der Waals surface area contributed by atoms with Crippen molar-refractivity contribution in [3.63, 3.8) is 0 Å². The second-order valence-electron chi connectivity index (χ2n) is 8.90. The van der Waals surface area contributed by atoms with E-state index in [2.05, 4.69) is 15.3 Å². The molecule has 9 heteroatoms. The fourth-order valence-electron chi connectivity index (χ4n) is 4.43. The van der Waals surface area contributed by atoms with Crippen LogP contribution in [0.4, 0.5) is 16.4 Å². The molecular weight excluding hydrogens is 374 g/mol. The number of rotatable bonds is 3. The van der Waals surface area contributed by atoms with Gasteiger partial charge in [-0.1, -0.05) is 6.42 Å². The fraction of sp³-hybridized carbons (Fsp3) is 0.700. The van der Waals surface area contributed by atoms with Crippen molar-refractivity contribution in [2.45, 2.75) is 64.5 Å². The predicted molar refractivity (Wildman–Crippen MR) is 109 cm³/mol. The Morgan fingerprint density at radius 3 is 2.59 bits per heavy atom. The van der Waals surface area contributed by atoms with Crippen molar-refractivity contribution < 1.29 is 19.1 Å². The van der Waals surface area contributed by atoms with Crippen molar-refractivity contribution in [1.82, 2.24) is 15.3 Å². The summed E-state index contributed by atoms with van der Waals surface area (Å²) in [4.78, 5) is 34.9. The molecule has 160 valence electrons. The largest absolute Gasteiger partial charge is 0.464 e. The van der Waals surface area contributed by atoms with Crippen LogP contribution in [0.25, 0.3) is 0 Å². The molecule has 1 aromatic rings. The standard InChI is InChI=1S/C20H31N5O4/c1-19(2,3)29-18(27)23-13-6-5-7-20(13)8-10-25(11-9-20)16-15(17(26)28-4)22-12-14(21)24-16/h12-13H,5-11H2,1-4H3,(H2,21,24)(H,23,27)/t13-/m1/s1. The molecule has 3 N–H and O–H groups in total. The number of anilines is 2. The second-order valence-corrected chi connectivity index (χ2v) is 8.90. The Morgan fingerprint density at radius 1 is 1.28 bits per heavy atom. The number of nitrogens with two attached hydrogens (primary N) is 1. The maximum atomic E-state index is 12.3. The molecule has 2 aliphatic rings. The maximum Gasteiger partial charge on any atom is 0.407 e. The zero-order chi connectivity index (χ0) is 21.2. The molecule has 2 fully saturated rings. The second kappa shape index (κ2) is 8.04. The third-order valence-corrected chi connectivity index (χ3v) is 5.81. The molecule has 29 heavy (non-hydrogen) atoms. The molecular formula is C20H31N5O4. The van der Waals surface area contributed by atoms with Gasteiger partial charge in [0.1, 0.15) is 11.4 Å². The van der Waals surface area contributed by atoms with Gasteiger partial charge in [-0.05, 0) is 51.9 Å². The van der Waals surface area contributed by atoms with Crippen LogP contribution in [0.15, 0.2) is 6.20 Å². The SMILES string of the molecule is COC(=O)c1ncc(N)nc1N1CCC2(CCC[C@H]2NC(=O)OC(C)(C)C)CC1. The first-order valence-electron chi connectivity index (χ1n) is 10.1. The van der Waals surface area contributed by atoms with Gasteiger partial charge in [-0.3, -0.25) is 0 Å². The van der Waals surface area contributed by atoms with Gasteiger partial charge >= 0.3 is 12.1 Å². The number of hydrogen-bond acceptors (Lipinski definition) is 8. The van der Waals surface area contributed by atoms with Crippen molar-refractivity contribution in [2.24, 2.45) is 5.41 Å². The smallest absolute Gasteiger partial charge is 0.407 e. The quantitative estimate of drug-likeness (QED) is 0.736. The van der Waals surface area contributed by atoms with E-state index in [1.165, 1.54) is 13.3 Å². The highest BCUT2D eigenvalue weighted by Gasteiger charge is 2.46. The summed E-state index contributed by atoms with van der Waals surface area (Å²) in [5.41, 5.74) is 5.49. The lowest BCUT2D eigenvalue weighted by molar-refractivity contribution is 0.0440. The zero-order valence-electron chi connectivity index (χ0n) is 17.7. The molecule has 1 aromatic heterocycles. The number of nitrogens with zero attached hydrogens (tertiary/aromatic N) is 3. The number of ether oxygens (including phenoxy) is 2. The minimum Gasteiger partial charge on any atom is -0.464 e. The van der Waals surface area contributed by atoms with Crippen molar-refractivity contribution in [2.75, 3.05) is 30.8 Å². The Kier molecular flexibility index (Phi) is 5.86. The van der Waals surface area contributed by atoms with Crippen LogP contribution in [-0.4, -0.2) is 53.9 Å². The Hall–Kier alpha value is -2.58. The molecule has 0 radical (unpaired) electrons. The van der Waals surface area contributed by atoms with Crippen LogP contribution in [0, 0.1) is 5.41 Å². The molecule has 1 spiro atoms. The van der Waals surface area contributed by atoms with Crippen molar-refractivity contribution >= 4 is 23.7 Å². The number of esters is 1. The van der Waals surface area contributed by atoms with Gasteiger partial charge in [0.25, 0.3) is 0 Å². The highest BCUT2D eigenvalue weighted by atomic mass is 16.6. The van der Waals surface area contributed by atoms with E-state index >= 15 is 0 Å². The van der Waals surface area contributed by atoms with Crippen LogP contribution in [0.3, 0.4) is 0 Å². The number of alkyl carbamates (subject to hydrolysis) is 1. The van der Waals surface area contributed by atoms with E-state index in [1.807, 2.05) is 25.7 Å². The lowest BCUT2D eigenvalue weighted by Crippen LogP contribution is -2.51. The average Bonchev–Trinajstić information content (AvgIpc) is 3.01.